The van der Waals surface area contributed by atoms with Gasteiger partial charge in [-0.1, -0.05) is 41.4 Å². The lowest BCUT2D eigenvalue weighted by molar-refractivity contribution is 0.0601. The molecule has 0 aliphatic rings. The average molecular weight is 310 g/mol. The van der Waals surface area contributed by atoms with Crippen LogP contribution in [0.5, 0.6) is 0 Å². The van der Waals surface area contributed by atoms with Gasteiger partial charge >= 0.3 is 5.97 Å². The van der Waals surface area contributed by atoms with Crippen molar-refractivity contribution >= 4 is 40.5 Å². The molecule has 2 rings (SSSR count). The molecule has 0 N–H and O–H groups in total. The van der Waals surface area contributed by atoms with Gasteiger partial charge in [0.15, 0.2) is 0 Å². The number of rotatable bonds is 3. The molecule has 2 aromatic rings. The number of methoxy groups -OCH3 is 1. The van der Waals surface area contributed by atoms with Crippen LogP contribution in [-0.2, 0) is 4.74 Å². The van der Waals surface area contributed by atoms with Gasteiger partial charge in [0, 0.05) is 7.05 Å². The van der Waals surface area contributed by atoms with Gasteiger partial charge in [0.05, 0.1) is 34.1 Å². The van der Waals surface area contributed by atoms with Crippen molar-refractivity contribution in [3.8, 4) is 0 Å². The summed E-state index contributed by atoms with van der Waals surface area (Å²) in [6.07, 6.45) is 0. The van der Waals surface area contributed by atoms with Gasteiger partial charge in [-0.2, -0.15) is 0 Å². The third-order valence-corrected chi connectivity index (χ3v) is 3.55. The van der Waals surface area contributed by atoms with Crippen LogP contribution in [0.15, 0.2) is 42.5 Å². The molecule has 0 atom stereocenters. The van der Waals surface area contributed by atoms with Crippen molar-refractivity contribution in [3.05, 3.63) is 58.1 Å². The fraction of sp³-hybridized carbons (Fsp3) is 0.133. The maximum Gasteiger partial charge on any atom is 0.339 e. The first-order valence-corrected chi connectivity index (χ1v) is 6.67. The molecule has 2 aromatic carbocycles. The largest absolute Gasteiger partial charge is 0.465 e. The van der Waals surface area contributed by atoms with E-state index in [-0.39, 0.29) is 0 Å². The number of carbonyl (C=O) groups is 1. The molecule has 104 valence electrons. The van der Waals surface area contributed by atoms with E-state index in [4.69, 9.17) is 27.9 Å². The molecular weight excluding hydrogens is 297 g/mol. The zero-order chi connectivity index (χ0) is 14.7. The quantitative estimate of drug-likeness (QED) is 0.779. The molecule has 0 bridgehead atoms. The van der Waals surface area contributed by atoms with Crippen molar-refractivity contribution in [1.82, 2.24) is 0 Å². The number of carbonyl (C=O) groups excluding carboxylic acids is 1. The Morgan fingerprint density at radius 3 is 2.25 bits per heavy atom. The molecule has 0 aromatic heterocycles. The summed E-state index contributed by atoms with van der Waals surface area (Å²) in [7, 11) is 3.15. The summed E-state index contributed by atoms with van der Waals surface area (Å²) in [6, 6.07) is 12.4. The molecule has 3 nitrogen and oxygen atoms in total. The maximum absolute atomic E-state index is 11.8. The highest BCUT2D eigenvalue weighted by molar-refractivity contribution is 6.39. The van der Waals surface area contributed by atoms with Crippen LogP contribution in [0, 0.1) is 0 Å². The molecule has 0 aliphatic carbocycles. The third kappa shape index (κ3) is 2.74. The van der Waals surface area contributed by atoms with Gasteiger partial charge in [-0.3, -0.25) is 0 Å². The molecular formula is C15H13Cl2NO2. The van der Waals surface area contributed by atoms with Crippen molar-refractivity contribution in [2.75, 3.05) is 19.1 Å². The van der Waals surface area contributed by atoms with E-state index in [0.717, 1.165) is 0 Å². The molecule has 0 fully saturated rings. The zero-order valence-corrected chi connectivity index (χ0v) is 12.6. The van der Waals surface area contributed by atoms with Crippen LogP contribution in [0.3, 0.4) is 0 Å². The predicted molar refractivity (Wildman–Crippen MR) is 82.3 cm³/mol. The Bertz CT molecular complexity index is 623. The number of benzene rings is 2. The van der Waals surface area contributed by atoms with Crippen molar-refractivity contribution in [2.24, 2.45) is 0 Å². The molecule has 0 aliphatic heterocycles. The smallest absolute Gasteiger partial charge is 0.339 e. The lowest BCUT2D eigenvalue weighted by Gasteiger charge is -2.23. The molecule has 0 heterocycles. The van der Waals surface area contributed by atoms with E-state index in [2.05, 4.69) is 0 Å². The second-order valence-electron chi connectivity index (χ2n) is 4.14. The average Bonchev–Trinajstić information content (AvgIpc) is 2.46. The summed E-state index contributed by atoms with van der Waals surface area (Å²) in [5.41, 5.74) is 1.77. The molecule has 0 amide bonds. The highest BCUT2D eigenvalue weighted by Crippen LogP contribution is 2.37. The number of esters is 1. The summed E-state index contributed by atoms with van der Waals surface area (Å²) in [5.74, 6) is -0.407. The second-order valence-corrected chi connectivity index (χ2v) is 4.95. The molecule has 0 unspecified atom stereocenters. The summed E-state index contributed by atoms with van der Waals surface area (Å²) in [4.78, 5) is 13.6. The van der Waals surface area contributed by atoms with Gasteiger partial charge in [-0.25, -0.2) is 4.79 Å². The van der Waals surface area contributed by atoms with Crippen LogP contribution >= 0.6 is 23.2 Å². The lowest BCUT2D eigenvalue weighted by Crippen LogP contribution is -2.15. The van der Waals surface area contributed by atoms with E-state index in [1.54, 1.807) is 42.3 Å². The van der Waals surface area contributed by atoms with E-state index in [9.17, 15) is 4.79 Å². The third-order valence-electron chi connectivity index (χ3n) is 2.94. The van der Waals surface area contributed by atoms with E-state index in [0.29, 0.717) is 27.0 Å². The van der Waals surface area contributed by atoms with Crippen LogP contribution in [0.2, 0.25) is 10.0 Å². The Kier molecular flexibility index (Phi) is 4.53. The predicted octanol–water partition coefficient (Wildman–Crippen LogP) is 4.55. The Hall–Kier alpha value is -1.71. The summed E-state index contributed by atoms with van der Waals surface area (Å²) >= 11 is 12.4. The first kappa shape index (κ1) is 14.7. The standard InChI is InChI=1S/C15H13Cl2NO2/c1-18(14-11(16)7-5-8-12(14)17)13-9-4-3-6-10(13)15(19)20-2/h3-9H,1-2H3. The maximum atomic E-state index is 11.8. The zero-order valence-electron chi connectivity index (χ0n) is 11.1. The van der Waals surface area contributed by atoms with E-state index in [1.165, 1.54) is 7.11 Å². The number of ether oxygens (including phenoxy) is 1. The van der Waals surface area contributed by atoms with Crippen LogP contribution < -0.4 is 4.90 Å². The van der Waals surface area contributed by atoms with Crippen molar-refractivity contribution < 1.29 is 9.53 Å². The number of nitrogens with zero attached hydrogens (tertiary/aromatic N) is 1. The van der Waals surface area contributed by atoms with Gasteiger partial charge in [0.2, 0.25) is 0 Å². The van der Waals surface area contributed by atoms with Gasteiger partial charge in [0.1, 0.15) is 0 Å². The summed E-state index contributed by atoms with van der Waals surface area (Å²) < 4.78 is 4.79. The van der Waals surface area contributed by atoms with Crippen LogP contribution in [0.4, 0.5) is 11.4 Å². The fourth-order valence-corrected chi connectivity index (χ4v) is 2.63. The highest BCUT2D eigenvalue weighted by Gasteiger charge is 2.18. The monoisotopic (exact) mass is 309 g/mol. The number of para-hydroxylation sites is 2. The first-order valence-electron chi connectivity index (χ1n) is 5.91. The SMILES string of the molecule is COC(=O)c1ccccc1N(C)c1c(Cl)cccc1Cl. The van der Waals surface area contributed by atoms with Crippen LogP contribution in [0.25, 0.3) is 0 Å². The second kappa shape index (κ2) is 6.16. The normalized spacial score (nSPS) is 10.2. The van der Waals surface area contributed by atoms with Crippen molar-refractivity contribution in [3.63, 3.8) is 0 Å². The van der Waals surface area contributed by atoms with Gasteiger partial charge < -0.3 is 9.64 Å². The van der Waals surface area contributed by atoms with Gasteiger partial charge in [-0.15, -0.1) is 0 Å². The number of hydrogen-bond donors (Lipinski definition) is 0. The summed E-state index contributed by atoms with van der Waals surface area (Å²) in [5, 5.41) is 1.03. The number of hydrogen-bond acceptors (Lipinski definition) is 3. The first-order chi connectivity index (χ1) is 9.56. The highest BCUT2D eigenvalue weighted by atomic mass is 35.5. The molecule has 0 saturated heterocycles. The molecule has 20 heavy (non-hydrogen) atoms. The number of anilines is 2. The minimum absolute atomic E-state index is 0.407. The van der Waals surface area contributed by atoms with Gasteiger partial charge in [-0.05, 0) is 24.3 Å². The minimum atomic E-state index is -0.407. The Morgan fingerprint density at radius 2 is 1.65 bits per heavy atom. The van der Waals surface area contributed by atoms with E-state index >= 15 is 0 Å². The fourth-order valence-electron chi connectivity index (χ4n) is 1.98. The minimum Gasteiger partial charge on any atom is -0.465 e. The molecule has 0 saturated carbocycles. The molecule has 0 radical (unpaired) electrons. The Labute approximate surface area is 127 Å². The van der Waals surface area contributed by atoms with Crippen molar-refractivity contribution in [1.29, 1.82) is 0 Å². The van der Waals surface area contributed by atoms with E-state index < -0.39 is 5.97 Å². The number of halogens is 2. The van der Waals surface area contributed by atoms with Gasteiger partial charge in [0.25, 0.3) is 0 Å². The summed E-state index contributed by atoms with van der Waals surface area (Å²) in [6.45, 7) is 0. The Balaban J connectivity index is 2.54. The lowest BCUT2D eigenvalue weighted by atomic mass is 10.1. The van der Waals surface area contributed by atoms with Crippen LogP contribution in [0.1, 0.15) is 10.4 Å². The van der Waals surface area contributed by atoms with E-state index in [1.807, 2.05) is 12.1 Å². The van der Waals surface area contributed by atoms with Crippen molar-refractivity contribution in [2.45, 2.75) is 0 Å². The molecule has 0 spiro atoms. The molecule has 5 heteroatoms. The van der Waals surface area contributed by atoms with Crippen LogP contribution in [-0.4, -0.2) is 20.1 Å². The Morgan fingerprint density at radius 1 is 1.05 bits per heavy atom. The topological polar surface area (TPSA) is 29.5 Å².